The first-order valence-corrected chi connectivity index (χ1v) is 7.81. The summed E-state index contributed by atoms with van der Waals surface area (Å²) in [6, 6.07) is 2.81. The van der Waals surface area contributed by atoms with Gasteiger partial charge in [-0.1, -0.05) is 0 Å². The van der Waals surface area contributed by atoms with Crippen LogP contribution in [0.25, 0.3) is 6.08 Å². The number of carbonyl (C=O) groups is 4. The molecule has 0 aliphatic carbocycles. The van der Waals surface area contributed by atoms with Crippen molar-refractivity contribution < 1.29 is 63.3 Å². The summed E-state index contributed by atoms with van der Waals surface area (Å²) in [6.07, 6.45) is 1.42. The van der Waals surface area contributed by atoms with E-state index in [1.807, 2.05) is 0 Å². The average Bonchev–Trinajstić information content (AvgIpc) is 2.62. The quantitative estimate of drug-likeness (QED) is 0.335. The van der Waals surface area contributed by atoms with Crippen molar-refractivity contribution in [3.63, 3.8) is 0 Å². The molecule has 0 aliphatic rings. The van der Waals surface area contributed by atoms with E-state index in [4.69, 9.17) is 31.4 Å². The van der Waals surface area contributed by atoms with Gasteiger partial charge in [0.15, 0.2) is 0 Å². The summed E-state index contributed by atoms with van der Waals surface area (Å²) >= 11 is 0. The van der Waals surface area contributed by atoms with E-state index in [-0.39, 0.29) is 55.8 Å². The molecule has 9 radical (unpaired) electrons. The number of phenolic OH excluding ortho intramolecular Hbond substituents is 1. The van der Waals surface area contributed by atoms with Gasteiger partial charge in [0.05, 0.1) is 0 Å². The molecule has 0 amide bonds. The molecular formula is C16H12B4IrO9. The second kappa shape index (κ2) is 13.7. The molecule has 14 heteroatoms. The Morgan fingerprint density at radius 3 is 1.47 bits per heavy atom. The van der Waals surface area contributed by atoms with Gasteiger partial charge in [0, 0.05) is 36.8 Å². The number of aromatic hydroxyl groups is 1. The molecule has 151 valence electrons. The molecule has 30 heavy (non-hydrogen) atoms. The molecule has 0 bridgehead atoms. The normalized spacial score (nSPS) is 9.47. The number of phenols is 1. The number of hydrogen-bond donors (Lipinski definition) is 1. The Hall–Kier alpha value is -2.45. The zero-order valence-corrected chi connectivity index (χ0v) is 17.8. The van der Waals surface area contributed by atoms with Crippen molar-refractivity contribution in [2.45, 2.75) is 13.2 Å². The van der Waals surface area contributed by atoms with Gasteiger partial charge in [-0.05, 0) is 23.8 Å². The molecule has 9 nitrogen and oxygen atoms in total. The fourth-order valence-corrected chi connectivity index (χ4v) is 2.08. The van der Waals surface area contributed by atoms with Gasteiger partial charge in [-0.2, -0.15) is 0 Å². The summed E-state index contributed by atoms with van der Waals surface area (Å²) in [5, 5.41) is 10.3. The van der Waals surface area contributed by atoms with Crippen molar-refractivity contribution in [3.05, 3.63) is 34.4 Å². The predicted molar refractivity (Wildman–Crippen MR) is 102 cm³/mol. The summed E-state index contributed by atoms with van der Waals surface area (Å²) in [5.74, 6) is -4.61. The van der Waals surface area contributed by atoms with Gasteiger partial charge in [-0.25, -0.2) is 0 Å². The Kier molecular flexibility index (Phi) is 12.6. The van der Waals surface area contributed by atoms with Gasteiger partial charge in [0.2, 0.25) is 54.9 Å². The van der Waals surface area contributed by atoms with Crippen LogP contribution in [-0.4, -0.2) is 73.2 Å². The molecule has 0 unspecified atom stereocenters. The molecule has 0 fully saturated rings. The summed E-state index contributed by atoms with van der Waals surface area (Å²) < 4.78 is 18.7. The maximum atomic E-state index is 10.8. The molecule has 0 aliphatic heterocycles. The minimum Gasteiger partial charge on any atom is -0.507 e. The zero-order chi connectivity index (χ0) is 22.0. The minimum absolute atomic E-state index is 0. The molecule has 0 aromatic heterocycles. The summed E-state index contributed by atoms with van der Waals surface area (Å²) in [6.45, 7) is -1.44. The van der Waals surface area contributed by atoms with Crippen LogP contribution in [0.4, 0.5) is 19.2 Å². The van der Waals surface area contributed by atoms with E-state index in [1.54, 1.807) is 0 Å². The van der Waals surface area contributed by atoms with Crippen LogP contribution in [0.5, 0.6) is 5.75 Å². The number of hydrogen-bond acceptors (Lipinski definition) is 9. The maximum Gasteiger partial charge on any atom is 0.236 e. The Labute approximate surface area is 190 Å². The van der Waals surface area contributed by atoms with Gasteiger partial charge in [0.25, 0.3) is 0 Å². The molecule has 1 rings (SSSR count). The maximum absolute atomic E-state index is 10.8. The smallest absolute Gasteiger partial charge is 0.236 e. The van der Waals surface area contributed by atoms with Crippen molar-refractivity contribution in [2.24, 2.45) is 0 Å². The monoisotopic (exact) mass is 585 g/mol. The molecule has 0 saturated heterocycles. The fourth-order valence-electron chi connectivity index (χ4n) is 2.08. The van der Waals surface area contributed by atoms with E-state index in [2.05, 4.69) is 18.9 Å². The molecule has 0 heterocycles. The first-order chi connectivity index (χ1) is 13.6. The average molecular weight is 584 g/mol. The third kappa shape index (κ3) is 10.9. The largest absolute Gasteiger partial charge is 0.507 e. The first kappa shape index (κ1) is 27.5. The standard InChI is InChI=1S/C16H12B4O9.Ir/c17-13(22)26-4-9(5-27-14(18)23)1-8-2-10(6-28-15(19)24)12(21)11(3-8)7-29-16(20)25;/h1-3,21H,4-7H2;. The van der Waals surface area contributed by atoms with E-state index in [1.165, 1.54) is 18.2 Å². The Balaban J connectivity index is 0.00000841. The van der Waals surface area contributed by atoms with Crippen molar-refractivity contribution in [2.75, 3.05) is 13.2 Å². The minimum atomic E-state index is -1.08. The Morgan fingerprint density at radius 2 is 1.13 bits per heavy atom. The van der Waals surface area contributed by atoms with E-state index in [9.17, 15) is 24.3 Å². The van der Waals surface area contributed by atoms with Gasteiger partial charge in [-0.3, -0.25) is 19.2 Å². The fraction of sp³-hybridized carbons (Fsp3) is 0.250. The molecule has 0 saturated carbocycles. The van der Waals surface area contributed by atoms with Crippen LogP contribution < -0.4 is 0 Å². The summed E-state index contributed by atoms with van der Waals surface area (Å²) in [7, 11) is 19.7. The van der Waals surface area contributed by atoms with E-state index in [0.717, 1.165) is 0 Å². The van der Waals surface area contributed by atoms with Crippen LogP contribution in [0.1, 0.15) is 16.7 Å². The van der Waals surface area contributed by atoms with Crippen molar-refractivity contribution >= 4 is 60.9 Å². The van der Waals surface area contributed by atoms with E-state index < -0.39 is 36.7 Å². The van der Waals surface area contributed by atoms with Gasteiger partial charge < -0.3 is 24.1 Å². The summed E-state index contributed by atoms with van der Waals surface area (Å²) in [4.78, 5) is 43.4. The van der Waals surface area contributed by atoms with Crippen LogP contribution >= 0.6 is 0 Å². The van der Waals surface area contributed by atoms with Gasteiger partial charge >= 0.3 is 0 Å². The van der Waals surface area contributed by atoms with Crippen LogP contribution in [0.15, 0.2) is 17.7 Å². The molecule has 1 aromatic carbocycles. The van der Waals surface area contributed by atoms with Crippen LogP contribution in [0, 0.1) is 0 Å². The number of carbonyl (C=O) groups excluding carboxylic acids is 4. The second-order valence-electron chi connectivity index (χ2n) is 5.42. The van der Waals surface area contributed by atoms with Crippen molar-refractivity contribution in [3.8, 4) is 5.75 Å². The van der Waals surface area contributed by atoms with Crippen LogP contribution in [0.3, 0.4) is 0 Å². The van der Waals surface area contributed by atoms with Crippen molar-refractivity contribution in [1.29, 1.82) is 0 Å². The molecule has 1 N–H and O–H groups in total. The van der Waals surface area contributed by atoms with E-state index >= 15 is 0 Å². The van der Waals surface area contributed by atoms with E-state index in [0.29, 0.717) is 5.56 Å². The molecule has 0 spiro atoms. The van der Waals surface area contributed by atoms with Gasteiger partial charge in [-0.15, -0.1) is 0 Å². The zero-order valence-electron chi connectivity index (χ0n) is 15.4. The SMILES string of the molecule is [B]C(=O)OCC(=Cc1cc(COC([B])=O)c(O)c(COC([B])=O)c1)COC([B])=O.[Ir]. The number of rotatable bonds is 9. The third-order valence-electron chi connectivity index (χ3n) is 3.20. The predicted octanol–water partition coefficient (Wildman–Crippen LogP) is 0.994. The van der Waals surface area contributed by atoms with Crippen LogP contribution in [-0.2, 0) is 52.3 Å². The van der Waals surface area contributed by atoms with Crippen LogP contribution in [0.2, 0.25) is 0 Å². The Morgan fingerprint density at radius 1 is 0.767 bits per heavy atom. The second-order valence-corrected chi connectivity index (χ2v) is 5.42. The summed E-state index contributed by atoms with van der Waals surface area (Å²) in [5.41, 5.74) is 0.861. The first-order valence-electron chi connectivity index (χ1n) is 7.81. The Bertz CT molecular complexity index is 770. The number of benzene rings is 1. The van der Waals surface area contributed by atoms with Crippen molar-refractivity contribution in [1.82, 2.24) is 0 Å². The van der Waals surface area contributed by atoms with Gasteiger partial charge in [0.1, 0.15) is 32.2 Å². The topological polar surface area (TPSA) is 125 Å². The number of ether oxygens (including phenoxy) is 4. The third-order valence-corrected chi connectivity index (χ3v) is 3.20. The molecule has 0 atom stereocenters. The molecule has 1 aromatic rings. The molecular weight excluding hydrogens is 572 g/mol.